The first-order valence-corrected chi connectivity index (χ1v) is 6.66. The van der Waals surface area contributed by atoms with Gasteiger partial charge in [0.15, 0.2) is 0 Å². The molecular formula is C14H16BrN3. The lowest BCUT2D eigenvalue weighted by molar-refractivity contribution is 0.910. The van der Waals surface area contributed by atoms with Crippen LogP contribution in [0.3, 0.4) is 0 Å². The molecule has 2 aromatic rings. The molecule has 1 N–H and O–H groups in total. The van der Waals surface area contributed by atoms with Crippen molar-refractivity contribution in [1.82, 2.24) is 4.98 Å². The zero-order chi connectivity index (χ0) is 12.8. The third kappa shape index (κ3) is 3.74. The number of nitrogens with one attached hydrogen (secondary N) is 1. The summed E-state index contributed by atoms with van der Waals surface area (Å²) in [5.74, 6) is 0.902. The molecule has 94 valence electrons. The predicted molar refractivity (Wildman–Crippen MR) is 80.1 cm³/mol. The number of aromatic nitrogens is 1. The van der Waals surface area contributed by atoms with Gasteiger partial charge in [-0.15, -0.1) is 0 Å². The van der Waals surface area contributed by atoms with Gasteiger partial charge in [-0.3, -0.25) is 0 Å². The minimum Gasteiger partial charge on any atom is -0.373 e. The van der Waals surface area contributed by atoms with Crippen molar-refractivity contribution in [1.29, 1.82) is 0 Å². The molecule has 18 heavy (non-hydrogen) atoms. The lowest BCUT2D eigenvalue weighted by Crippen LogP contribution is -2.24. The Morgan fingerprint density at radius 3 is 2.61 bits per heavy atom. The van der Waals surface area contributed by atoms with Crippen LogP contribution in [0.25, 0.3) is 0 Å². The number of likely N-dealkylation sites (N-methyl/N-ethyl adjacent to an activating group) is 1. The van der Waals surface area contributed by atoms with Gasteiger partial charge in [0.05, 0.1) is 0 Å². The Bertz CT molecular complexity index is 470. The van der Waals surface area contributed by atoms with Crippen molar-refractivity contribution in [2.24, 2.45) is 0 Å². The highest BCUT2D eigenvalue weighted by Gasteiger charge is 1.99. The Kier molecular flexibility index (Phi) is 4.59. The number of nitrogens with zero attached hydrogens (tertiary/aromatic N) is 2. The first kappa shape index (κ1) is 12.9. The number of hydrogen-bond donors (Lipinski definition) is 1. The molecule has 0 atom stereocenters. The third-order valence-electron chi connectivity index (χ3n) is 2.68. The summed E-state index contributed by atoms with van der Waals surface area (Å²) >= 11 is 3.37. The van der Waals surface area contributed by atoms with E-state index in [-0.39, 0.29) is 0 Å². The van der Waals surface area contributed by atoms with Gasteiger partial charge in [0.2, 0.25) is 0 Å². The second-order valence-corrected chi connectivity index (χ2v) is 4.96. The normalized spacial score (nSPS) is 10.1. The van der Waals surface area contributed by atoms with Crippen molar-refractivity contribution in [3.05, 3.63) is 53.1 Å². The molecule has 1 aromatic heterocycles. The summed E-state index contributed by atoms with van der Waals surface area (Å²) in [5, 5.41) is 3.30. The topological polar surface area (TPSA) is 28.2 Å². The monoisotopic (exact) mass is 305 g/mol. The molecule has 2 rings (SSSR count). The van der Waals surface area contributed by atoms with E-state index in [1.54, 1.807) is 6.20 Å². The fourth-order valence-electron chi connectivity index (χ4n) is 1.64. The maximum Gasteiger partial charge on any atom is 0.126 e. The summed E-state index contributed by atoms with van der Waals surface area (Å²) in [6, 6.07) is 14.3. The maximum atomic E-state index is 4.27. The number of anilines is 2. The van der Waals surface area contributed by atoms with Gasteiger partial charge in [-0.2, -0.15) is 0 Å². The number of pyridine rings is 1. The van der Waals surface area contributed by atoms with Crippen LogP contribution in [0, 0.1) is 0 Å². The highest BCUT2D eigenvalue weighted by Crippen LogP contribution is 2.12. The summed E-state index contributed by atoms with van der Waals surface area (Å²) in [6.07, 6.45) is 1.79. The molecule has 0 unspecified atom stereocenters. The molecule has 0 aliphatic carbocycles. The average Bonchev–Trinajstić information content (AvgIpc) is 2.42. The van der Waals surface area contributed by atoms with E-state index in [4.69, 9.17) is 0 Å². The summed E-state index contributed by atoms with van der Waals surface area (Å²) in [5.41, 5.74) is 1.23. The van der Waals surface area contributed by atoms with E-state index in [2.05, 4.69) is 62.4 Å². The van der Waals surface area contributed by atoms with Crippen molar-refractivity contribution in [3.63, 3.8) is 0 Å². The van der Waals surface area contributed by atoms with E-state index >= 15 is 0 Å². The Hall–Kier alpha value is -1.55. The Labute approximate surface area is 116 Å². The van der Waals surface area contributed by atoms with Crippen LogP contribution in [0.4, 0.5) is 11.5 Å². The van der Waals surface area contributed by atoms with Crippen LogP contribution in [0.15, 0.2) is 53.1 Å². The first-order valence-electron chi connectivity index (χ1n) is 5.87. The molecule has 0 saturated heterocycles. The van der Waals surface area contributed by atoms with Crippen LogP contribution in [0.1, 0.15) is 0 Å². The van der Waals surface area contributed by atoms with Crippen molar-refractivity contribution in [2.45, 2.75) is 0 Å². The van der Waals surface area contributed by atoms with Gasteiger partial charge in [-0.1, -0.05) is 18.2 Å². The number of hydrogen-bond acceptors (Lipinski definition) is 3. The predicted octanol–water partition coefficient (Wildman–Crippen LogP) is 3.39. The molecular weight excluding hydrogens is 290 g/mol. The van der Waals surface area contributed by atoms with Gasteiger partial charge < -0.3 is 10.2 Å². The smallest absolute Gasteiger partial charge is 0.126 e. The molecule has 4 heteroatoms. The molecule has 1 heterocycles. The minimum atomic E-state index is 0.861. The summed E-state index contributed by atoms with van der Waals surface area (Å²) in [7, 11) is 2.09. The Balaban J connectivity index is 1.80. The minimum absolute atomic E-state index is 0.861. The molecule has 0 saturated carbocycles. The van der Waals surface area contributed by atoms with Gasteiger partial charge in [-0.25, -0.2) is 4.98 Å². The highest BCUT2D eigenvalue weighted by atomic mass is 79.9. The number of para-hydroxylation sites is 1. The average molecular weight is 306 g/mol. The van der Waals surface area contributed by atoms with Gasteiger partial charge in [0.1, 0.15) is 5.82 Å². The molecule has 0 aliphatic rings. The van der Waals surface area contributed by atoms with E-state index < -0.39 is 0 Å². The Morgan fingerprint density at radius 1 is 1.17 bits per heavy atom. The van der Waals surface area contributed by atoms with E-state index in [1.165, 1.54) is 5.69 Å². The van der Waals surface area contributed by atoms with Crippen molar-refractivity contribution < 1.29 is 0 Å². The zero-order valence-electron chi connectivity index (χ0n) is 10.3. The highest BCUT2D eigenvalue weighted by molar-refractivity contribution is 9.10. The van der Waals surface area contributed by atoms with Crippen LogP contribution >= 0.6 is 15.9 Å². The van der Waals surface area contributed by atoms with Crippen LogP contribution in [-0.4, -0.2) is 25.1 Å². The van der Waals surface area contributed by atoms with Crippen LogP contribution < -0.4 is 10.2 Å². The maximum absolute atomic E-state index is 4.27. The van der Waals surface area contributed by atoms with E-state index in [0.29, 0.717) is 0 Å². The van der Waals surface area contributed by atoms with Crippen molar-refractivity contribution in [2.75, 3.05) is 30.4 Å². The summed E-state index contributed by atoms with van der Waals surface area (Å²) in [6.45, 7) is 1.79. The Morgan fingerprint density at radius 2 is 1.94 bits per heavy atom. The summed E-state index contributed by atoms with van der Waals surface area (Å²) in [4.78, 5) is 6.49. The van der Waals surface area contributed by atoms with E-state index in [9.17, 15) is 0 Å². The standard InChI is InChI=1S/C14H16BrN3/c1-18(13-5-3-2-4-6-13)10-9-16-14-8-7-12(15)11-17-14/h2-8,11H,9-10H2,1H3,(H,16,17). The molecule has 0 amide bonds. The number of halogens is 1. The van der Waals surface area contributed by atoms with Crippen molar-refractivity contribution in [3.8, 4) is 0 Å². The van der Waals surface area contributed by atoms with Crippen LogP contribution in [0.5, 0.6) is 0 Å². The van der Waals surface area contributed by atoms with E-state index in [0.717, 1.165) is 23.4 Å². The molecule has 1 aromatic carbocycles. The fourth-order valence-corrected chi connectivity index (χ4v) is 1.88. The molecule has 0 radical (unpaired) electrons. The lowest BCUT2D eigenvalue weighted by Gasteiger charge is -2.19. The van der Waals surface area contributed by atoms with Gasteiger partial charge in [0.25, 0.3) is 0 Å². The molecule has 0 aliphatic heterocycles. The van der Waals surface area contributed by atoms with Gasteiger partial charge in [-0.05, 0) is 40.2 Å². The SMILES string of the molecule is CN(CCNc1ccc(Br)cn1)c1ccccc1. The molecule has 0 fully saturated rings. The number of rotatable bonds is 5. The first-order chi connectivity index (χ1) is 8.75. The van der Waals surface area contributed by atoms with Gasteiger partial charge >= 0.3 is 0 Å². The summed E-state index contributed by atoms with van der Waals surface area (Å²) < 4.78 is 0.995. The number of benzene rings is 1. The second-order valence-electron chi connectivity index (χ2n) is 4.05. The van der Waals surface area contributed by atoms with Gasteiger partial charge in [0, 0.05) is 36.5 Å². The van der Waals surface area contributed by atoms with Crippen LogP contribution in [-0.2, 0) is 0 Å². The largest absolute Gasteiger partial charge is 0.373 e. The van der Waals surface area contributed by atoms with Crippen molar-refractivity contribution >= 4 is 27.4 Å². The van der Waals surface area contributed by atoms with Crippen LogP contribution in [0.2, 0.25) is 0 Å². The lowest BCUT2D eigenvalue weighted by atomic mass is 10.3. The third-order valence-corrected chi connectivity index (χ3v) is 3.15. The molecule has 0 spiro atoms. The zero-order valence-corrected chi connectivity index (χ0v) is 11.9. The second kappa shape index (κ2) is 6.40. The fraction of sp³-hybridized carbons (Fsp3) is 0.214. The molecule has 0 bridgehead atoms. The van der Waals surface area contributed by atoms with E-state index in [1.807, 2.05) is 18.2 Å². The quantitative estimate of drug-likeness (QED) is 0.918. The molecule has 3 nitrogen and oxygen atoms in total.